The molecule has 0 bridgehead atoms. The number of pyridine rings is 2. The molecule has 0 radical (unpaired) electrons. The predicted molar refractivity (Wildman–Crippen MR) is 61.1 cm³/mol. The zero-order valence-corrected chi connectivity index (χ0v) is 9.14. The molecule has 2 aromatic rings. The molecular formula is C12H10FN3O. The van der Waals surface area contributed by atoms with Gasteiger partial charge in [-0.15, -0.1) is 0 Å². The van der Waals surface area contributed by atoms with E-state index in [1.54, 1.807) is 12.3 Å². The van der Waals surface area contributed by atoms with E-state index in [1.807, 2.05) is 6.92 Å². The fourth-order valence-corrected chi connectivity index (χ4v) is 1.37. The Morgan fingerprint density at radius 2 is 2.18 bits per heavy atom. The first-order valence-corrected chi connectivity index (χ1v) is 5.00. The van der Waals surface area contributed by atoms with Gasteiger partial charge >= 0.3 is 0 Å². The van der Waals surface area contributed by atoms with E-state index in [4.69, 9.17) is 0 Å². The summed E-state index contributed by atoms with van der Waals surface area (Å²) >= 11 is 0. The maximum Gasteiger partial charge on any atom is 0.255 e. The van der Waals surface area contributed by atoms with Crippen LogP contribution in [0, 0.1) is 12.9 Å². The van der Waals surface area contributed by atoms with Gasteiger partial charge in [0.25, 0.3) is 5.91 Å². The lowest BCUT2D eigenvalue weighted by atomic mass is 10.2. The van der Waals surface area contributed by atoms with Gasteiger partial charge in [0.05, 0.1) is 11.9 Å². The zero-order chi connectivity index (χ0) is 12.3. The molecule has 2 rings (SSSR count). The Bertz CT molecular complexity index is 557. The molecule has 0 fully saturated rings. The SMILES string of the molecule is Cc1cncc(NC(=O)c2ccnc(F)c2)c1. The number of aryl methyl sites for hydroxylation is 1. The van der Waals surface area contributed by atoms with Crippen molar-refractivity contribution in [1.29, 1.82) is 0 Å². The number of carbonyl (C=O) groups excluding carboxylic acids is 1. The normalized spacial score (nSPS) is 10.0. The molecule has 2 heterocycles. The standard InChI is InChI=1S/C12H10FN3O/c1-8-4-10(7-14-6-8)16-12(17)9-2-3-15-11(13)5-9/h2-7H,1H3,(H,16,17). The fourth-order valence-electron chi connectivity index (χ4n) is 1.37. The van der Waals surface area contributed by atoms with Crippen LogP contribution in [0.3, 0.4) is 0 Å². The van der Waals surface area contributed by atoms with Crippen molar-refractivity contribution in [1.82, 2.24) is 9.97 Å². The number of anilines is 1. The number of amides is 1. The molecule has 0 aromatic carbocycles. The van der Waals surface area contributed by atoms with Gasteiger partial charge < -0.3 is 5.32 Å². The Kier molecular flexibility index (Phi) is 3.09. The summed E-state index contributed by atoms with van der Waals surface area (Å²) < 4.78 is 12.8. The topological polar surface area (TPSA) is 54.9 Å². The van der Waals surface area contributed by atoms with Gasteiger partial charge in [-0.2, -0.15) is 4.39 Å². The van der Waals surface area contributed by atoms with E-state index in [0.717, 1.165) is 11.6 Å². The summed E-state index contributed by atoms with van der Waals surface area (Å²) in [7, 11) is 0. The molecule has 1 N–H and O–H groups in total. The molecule has 0 aliphatic heterocycles. The third-order valence-corrected chi connectivity index (χ3v) is 2.12. The second kappa shape index (κ2) is 4.69. The van der Waals surface area contributed by atoms with Crippen molar-refractivity contribution in [3.63, 3.8) is 0 Å². The molecule has 0 saturated carbocycles. The van der Waals surface area contributed by atoms with Gasteiger partial charge in [0.15, 0.2) is 0 Å². The van der Waals surface area contributed by atoms with Crippen LogP contribution >= 0.6 is 0 Å². The highest BCUT2D eigenvalue weighted by atomic mass is 19.1. The lowest BCUT2D eigenvalue weighted by Gasteiger charge is -2.05. The van der Waals surface area contributed by atoms with E-state index in [-0.39, 0.29) is 5.56 Å². The van der Waals surface area contributed by atoms with Crippen molar-refractivity contribution in [2.45, 2.75) is 6.92 Å². The number of rotatable bonds is 2. The Labute approximate surface area is 97.5 Å². The largest absolute Gasteiger partial charge is 0.321 e. The van der Waals surface area contributed by atoms with Crippen molar-refractivity contribution < 1.29 is 9.18 Å². The number of nitrogens with one attached hydrogen (secondary N) is 1. The summed E-state index contributed by atoms with van der Waals surface area (Å²) in [5, 5.41) is 2.63. The first kappa shape index (κ1) is 11.2. The number of halogens is 1. The van der Waals surface area contributed by atoms with E-state index < -0.39 is 11.9 Å². The van der Waals surface area contributed by atoms with Gasteiger partial charge in [-0.05, 0) is 24.6 Å². The third kappa shape index (κ3) is 2.84. The molecule has 5 heteroatoms. The summed E-state index contributed by atoms with van der Waals surface area (Å²) in [6.07, 6.45) is 4.46. The average molecular weight is 231 g/mol. The van der Waals surface area contributed by atoms with Gasteiger partial charge in [0.1, 0.15) is 0 Å². The van der Waals surface area contributed by atoms with Gasteiger partial charge in [-0.3, -0.25) is 9.78 Å². The van der Waals surface area contributed by atoms with Crippen LogP contribution in [0.25, 0.3) is 0 Å². The molecule has 4 nitrogen and oxygen atoms in total. The van der Waals surface area contributed by atoms with Crippen LogP contribution in [0.2, 0.25) is 0 Å². The second-order valence-electron chi connectivity index (χ2n) is 3.57. The van der Waals surface area contributed by atoms with Crippen molar-refractivity contribution in [3.05, 3.63) is 53.9 Å². The van der Waals surface area contributed by atoms with Crippen LogP contribution in [0.5, 0.6) is 0 Å². The van der Waals surface area contributed by atoms with Gasteiger partial charge in [-0.25, -0.2) is 4.98 Å². The van der Waals surface area contributed by atoms with Crippen molar-refractivity contribution in [2.75, 3.05) is 5.32 Å². The molecule has 0 saturated heterocycles. The molecule has 0 unspecified atom stereocenters. The van der Waals surface area contributed by atoms with E-state index in [0.29, 0.717) is 5.69 Å². The van der Waals surface area contributed by atoms with E-state index in [1.165, 1.54) is 18.5 Å². The zero-order valence-electron chi connectivity index (χ0n) is 9.14. The van der Waals surface area contributed by atoms with Gasteiger partial charge in [-0.1, -0.05) is 0 Å². The fraction of sp³-hybridized carbons (Fsp3) is 0.0833. The second-order valence-corrected chi connectivity index (χ2v) is 3.57. The van der Waals surface area contributed by atoms with Crippen molar-refractivity contribution >= 4 is 11.6 Å². The Balaban J connectivity index is 2.17. The Morgan fingerprint density at radius 1 is 1.35 bits per heavy atom. The minimum Gasteiger partial charge on any atom is -0.321 e. The summed E-state index contributed by atoms with van der Waals surface area (Å²) in [6.45, 7) is 1.87. The maximum atomic E-state index is 12.8. The minimum absolute atomic E-state index is 0.221. The molecule has 1 amide bonds. The highest BCUT2D eigenvalue weighted by Gasteiger charge is 2.07. The number of carbonyl (C=O) groups is 1. The number of aromatic nitrogens is 2. The highest BCUT2D eigenvalue weighted by Crippen LogP contribution is 2.09. The molecule has 0 aliphatic carbocycles. The summed E-state index contributed by atoms with van der Waals surface area (Å²) in [5.74, 6) is -1.07. The Hall–Kier alpha value is -2.30. The summed E-state index contributed by atoms with van der Waals surface area (Å²) in [6, 6.07) is 4.31. The lowest BCUT2D eigenvalue weighted by molar-refractivity contribution is 0.102. The number of hydrogen-bond acceptors (Lipinski definition) is 3. The average Bonchev–Trinajstić information content (AvgIpc) is 2.29. The van der Waals surface area contributed by atoms with Crippen LogP contribution in [-0.4, -0.2) is 15.9 Å². The van der Waals surface area contributed by atoms with Crippen molar-refractivity contribution in [3.8, 4) is 0 Å². The van der Waals surface area contributed by atoms with Crippen molar-refractivity contribution in [2.24, 2.45) is 0 Å². The smallest absolute Gasteiger partial charge is 0.255 e. The highest BCUT2D eigenvalue weighted by molar-refractivity contribution is 6.04. The first-order chi connectivity index (χ1) is 8.15. The van der Waals surface area contributed by atoms with Crippen LogP contribution in [0.4, 0.5) is 10.1 Å². The summed E-state index contributed by atoms with van der Waals surface area (Å²) in [5.41, 5.74) is 1.73. The number of hydrogen-bond donors (Lipinski definition) is 1. The monoisotopic (exact) mass is 231 g/mol. The lowest BCUT2D eigenvalue weighted by Crippen LogP contribution is -2.12. The van der Waals surface area contributed by atoms with E-state index in [2.05, 4.69) is 15.3 Å². The van der Waals surface area contributed by atoms with Gasteiger partial charge in [0.2, 0.25) is 5.95 Å². The summed E-state index contributed by atoms with van der Waals surface area (Å²) in [4.78, 5) is 19.1. The maximum absolute atomic E-state index is 12.8. The minimum atomic E-state index is -0.681. The quantitative estimate of drug-likeness (QED) is 0.806. The van der Waals surface area contributed by atoms with E-state index >= 15 is 0 Å². The molecule has 86 valence electrons. The predicted octanol–water partition coefficient (Wildman–Crippen LogP) is 2.18. The van der Waals surface area contributed by atoms with Crippen LogP contribution in [-0.2, 0) is 0 Å². The molecule has 0 atom stereocenters. The van der Waals surface area contributed by atoms with Crippen LogP contribution in [0.1, 0.15) is 15.9 Å². The van der Waals surface area contributed by atoms with Crippen LogP contribution < -0.4 is 5.32 Å². The molecule has 2 aromatic heterocycles. The number of nitrogens with zero attached hydrogens (tertiary/aromatic N) is 2. The Morgan fingerprint density at radius 3 is 2.88 bits per heavy atom. The molecular weight excluding hydrogens is 221 g/mol. The van der Waals surface area contributed by atoms with Gasteiger partial charge in [0, 0.05) is 24.0 Å². The van der Waals surface area contributed by atoms with E-state index in [9.17, 15) is 9.18 Å². The molecule has 17 heavy (non-hydrogen) atoms. The third-order valence-electron chi connectivity index (χ3n) is 2.12. The van der Waals surface area contributed by atoms with Crippen LogP contribution in [0.15, 0.2) is 36.8 Å². The molecule has 0 spiro atoms. The molecule has 0 aliphatic rings. The first-order valence-electron chi connectivity index (χ1n) is 5.00.